The van der Waals surface area contributed by atoms with Crippen molar-refractivity contribution in [2.45, 2.75) is 145 Å². The second-order valence-electron chi connectivity index (χ2n) is 14.6. The first-order chi connectivity index (χ1) is 27.1. The summed E-state index contributed by atoms with van der Waals surface area (Å²) in [4.78, 5) is 22.3. The summed E-state index contributed by atoms with van der Waals surface area (Å²) in [5.41, 5.74) is 2.01. The molecule has 0 bridgehead atoms. The van der Waals surface area contributed by atoms with Crippen molar-refractivity contribution in [1.29, 1.82) is 10.5 Å². The Balaban J connectivity index is 1.03. The Morgan fingerprint density at radius 2 is 1.55 bits per heavy atom. The van der Waals surface area contributed by atoms with Crippen LogP contribution in [0.25, 0.3) is 5.52 Å². The van der Waals surface area contributed by atoms with Gasteiger partial charge in [-0.25, -0.2) is 24.0 Å². The molecule has 0 spiro atoms. The highest BCUT2D eigenvalue weighted by Crippen LogP contribution is 2.63. The molecule has 4 heterocycles. The molecule has 7 atom stereocenters. The Labute approximate surface area is 327 Å². The smallest absolute Gasteiger partial charge is 0.472 e. The van der Waals surface area contributed by atoms with Crippen LogP contribution >= 0.6 is 7.82 Å². The monoisotopic (exact) mass is 798 g/mol. The number of nitrogens with two attached hydrogens (primary N) is 1. The number of hydrogen-bond donors (Lipinski definition) is 4. The number of aromatic nitrogens is 5. The summed E-state index contributed by atoms with van der Waals surface area (Å²) >= 11 is 0. The maximum Gasteiger partial charge on any atom is 0.472 e. The number of nitrogens with zero attached hydrogens (tertiary/aromatic N) is 7. The van der Waals surface area contributed by atoms with Crippen molar-refractivity contribution in [3.63, 3.8) is 0 Å². The molecule has 2 aliphatic rings. The van der Waals surface area contributed by atoms with Crippen molar-refractivity contribution in [2.75, 3.05) is 25.6 Å². The summed E-state index contributed by atoms with van der Waals surface area (Å²) in [5, 5.41) is 45.8. The van der Waals surface area contributed by atoms with Crippen LogP contribution in [0.5, 0.6) is 5.75 Å². The molecule has 17 nitrogen and oxygen atoms in total. The van der Waals surface area contributed by atoms with Crippen LogP contribution in [0.2, 0.25) is 0 Å². The Hall–Kier alpha value is -3.77. The van der Waals surface area contributed by atoms with Gasteiger partial charge in [-0.2, -0.15) is 15.6 Å². The molecule has 3 aromatic rings. The minimum atomic E-state index is -4.90. The number of phosphoric acid groups is 1. The molecule has 1 aliphatic carbocycles. The highest BCUT2D eigenvalue weighted by molar-refractivity contribution is 7.47. The van der Waals surface area contributed by atoms with E-state index in [0.29, 0.717) is 12.1 Å². The molecule has 1 saturated carbocycles. The number of aliphatic hydroxyl groups is 2. The maximum atomic E-state index is 13.1. The molecular formula is C38H55N8O9P. The molecule has 18 heteroatoms. The van der Waals surface area contributed by atoms with E-state index in [2.05, 4.69) is 27.0 Å². The van der Waals surface area contributed by atoms with Gasteiger partial charge in [0.05, 0.1) is 31.3 Å². The summed E-state index contributed by atoms with van der Waals surface area (Å²) < 4.78 is 42.4. The van der Waals surface area contributed by atoms with Crippen molar-refractivity contribution < 1.29 is 42.9 Å². The first kappa shape index (κ1) is 43.4. The molecule has 2 unspecified atom stereocenters. The second kappa shape index (κ2) is 20.6. The number of hydrogen-bond acceptors (Lipinski definition) is 15. The first-order valence-electron chi connectivity index (χ1n) is 19.8. The van der Waals surface area contributed by atoms with Crippen LogP contribution in [0.15, 0.2) is 30.9 Å². The molecule has 5 N–H and O–H groups in total. The van der Waals surface area contributed by atoms with E-state index in [1.165, 1.54) is 113 Å². The lowest BCUT2D eigenvalue weighted by Crippen LogP contribution is -2.47. The van der Waals surface area contributed by atoms with Gasteiger partial charge in [-0.3, -0.25) is 9.05 Å². The van der Waals surface area contributed by atoms with Crippen LogP contribution in [0.4, 0.5) is 5.82 Å². The van der Waals surface area contributed by atoms with E-state index in [9.17, 15) is 24.9 Å². The molecule has 56 heavy (non-hydrogen) atoms. The quantitative estimate of drug-likeness (QED) is 0.0554. The number of nitriles is 2. The van der Waals surface area contributed by atoms with E-state index in [-0.39, 0.29) is 29.7 Å². The largest absolute Gasteiger partial charge is 0.482 e. The van der Waals surface area contributed by atoms with Crippen LogP contribution in [-0.4, -0.2) is 89.5 Å². The average Bonchev–Trinajstić information content (AvgIpc) is 3.43. The summed E-state index contributed by atoms with van der Waals surface area (Å²) in [6.45, 7) is 2.20. The van der Waals surface area contributed by atoms with Gasteiger partial charge in [-0.15, -0.1) is 0 Å². The molecular weight excluding hydrogens is 743 g/mol. The van der Waals surface area contributed by atoms with Crippen molar-refractivity contribution in [1.82, 2.24) is 24.6 Å². The third kappa shape index (κ3) is 10.8. The molecule has 1 saturated heterocycles. The highest BCUT2D eigenvalue weighted by Gasteiger charge is 2.83. The van der Waals surface area contributed by atoms with Crippen LogP contribution in [0, 0.1) is 22.7 Å². The molecule has 2 fully saturated rings. The van der Waals surface area contributed by atoms with Gasteiger partial charge in [-0.05, 0) is 18.6 Å². The molecule has 5 rings (SSSR count). The van der Waals surface area contributed by atoms with E-state index in [1.54, 1.807) is 0 Å². The second-order valence-corrected chi connectivity index (χ2v) is 16.0. The van der Waals surface area contributed by atoms with Crippen LogP contribution in [0.3, 0.4) is 0 Å². The minimum Gasteiger partial charge on any atom is -0.482 e. The number of aliphatic hydroxyl groups excluding tert-OH is 1. The number of rotatable bonds is 27. The molecule has 0 amide bonds. The summed E-state index contributed by atoms with van der Waals surface area (Å²) in [6, 6.07) is 6.72. The number of unbranched alkanes of at least 4 members (excludes halogenated alkanes) is 15. The summed E-state index contributed by atoms with van der Waals surface area (Å²) in [5.74, 6) is 0.242. The number of nitrogen functional groups attached to an aromatic ring is 1. The first-order valence-corrected chi connectivity index (χ1v) is 21.3. The molecule has 1 aliphatic heterocycles. The third-order valence-corrected chi connectivity index (χ3v) is 11.4. The average molecular weight is 799 g/mol. The van der Waals surface area contributed by atoms with E-state index < -0.39 is 50.0 Å². The van der Waals surface area contributed by atoms with Gasteiger partial charge in [0.15, 0.2) is 17.2 Å². The molecule has 3 aromatic heterocycles. The summed E-state index contributed by atoms with van der Waals surface area (Å²) in [7, 11) is -4.90. The van der Waals surface area contributed by atoms with Gasteiger partial charge in [0.25, 0.3) is 0 Å². The van der Waals surface area contributed by atoms with E-state index in [0.717, 1.165) is 25.6 Å². The van der Waals surface area contributed by atoms with Crippen molar-refractivity contribution in [3.8, 4) is 17.9 Å². The fraction of sp³-hybridized carbons (Fsp3) is 0.684. The van der Waals surface area contributed by atoms with Gasteiger partial charge in [0.1, 0.15) is 48.4 Å². The Kier molecular flexibility index (Phi) is 15.9. The number of fused-ring (bicyclic) bond motifs is 2. The Morgan fingerprint density at radius 3 is 2.11 bits per heavy atom. The summed E-state index contributed by atoms with van der Waals surface area (Å²) in [6.07, 6.45) is 18.2. The lowest BCUT2D eigenvalue weighted by atomic mass is 9.90. The lowest BCUT2D eigenvalue weighted by Gasteiger charge is -2.29. The standard InChI is InChI=1S/C38H55N8O9P/c1-2-3-4-5-6-7-8-9-10-11-12-13-14-15-16-17-20-51-24-29(53-28-22-42-32(21-39)43-23-28)25-52-56(49,50)55-34-33-38(34,48)36(47)37(26-40,54-33)31-19-18-30-35(41)44-27-45-46(30)31/h18-19,22-23,27,29,33-34,36,47-48H,2-17,20,24-25H2,1H3,(H,49,50)(H2,41,44,45)/t29-,33-,34?,36+,37+,38+/m1/s1. The van der Waals surface area contributed by atoms with Crippen molar-refractivity contribution in [2.24, 2.45) is 0 Å². The predicted octanol–water partition coefficient (Wildman–Crippen LogP) is 5.42. The number of phosphoric ester groups is 1. The zero-order valence-corrected chi connectivity index (χ0v) is 33.0. The van der Waals surface area contributed by atoms with Gasteiger partial charge in [0, 0.05) is 6.61 Å². The molecule has 0 aromatic carbocycles. The van der Waals surface area contributed by atoms with Crippen LogP contribution < -0.4 is 10.5 Å². The number of ether oxygens (including phenoxy) is 3. The third-order valence-electron chi connectivity index (χ3n) is 10.4. The molecule has 0 radical (unpaired) electrons. The van der Waals surface area contributed by atoms with E-state index >= 15 is 0 Å². The SMILES string of the molecule is CCCCCCCCCCCCCCCCCCOC[C@H](COP(=O)(O)OC1[C@H]2O[C@@](C#N)(c3ccc4c(N)ncnn34)[C@H](O)[C@@]12O)Oc1cnc(C#N)nc1. The lowest BCUT2D eigenvalue weighted by molar-refractivity contribution is -0.106. The topological polar surface area (TPSA) is 253 Å². The van der Waals surface area contributed by atoms with Crippen molar-refractivity contribution in [3.05, 3.63) is 42.4 Å². The predicted molar refractivity (Wildman–Crippen MR) is 203 cm³/mol. The fourth-order valence-electron chi connectivity index (χ4n) is 7.17. The molecule has 306 valence electrons. The number of anilines is 1. The maximum absolute atomic E-state index is 13.1. The van der Waals surface area contributed by atoms with Gasteiger partial charge in [-0.1, -0.05) is 103 Å². The zero-order valence-electron chi connectivity index (χ0n) is 32.1. The Morgan fingerprint density at radius 1 is 0.946 bits per heavy atom. The minimum absolute atomic E-state index is 0.0133. The normalized spacial score (nSPS) is 24.3. The van der Waals surface area contributed by atoms with Gasteiger partial charge >= 0.3 is 7.82 Å². The van der Waals surface area contributed by atoms with Crippen LogP contribution in [0.1, 0.15) is 121 Å². The highest BCUT2D eigenvalue weighted by atomic mass is 31.2. The fourth-order valence-corrected chi connectivity index (χ4v) is 8.15. The zero-order chi connectivity index (χ0) is 40.0. The van der Waals surface area contributed by atoms with Gasteiger partial charge < -0.3 is 35.1 Å². The van der Waals surface area contributed by atoms with E-state index in [1.807, 2.05) is 12.1 Å². The van der Waals surface area contributed by atoms with Crippen LogP contribution in [-0.2, 0) is 28.7 Å². The van der Waals surface area contributed by atoms with Crippen molar-refractivity contribution >= 4 is 19.2 Å². The van der Waals surface area contributed by atoms with Gasteiger partial charge in [0.2, 0.25) is 11.4 Å². The Bertz CT molecular complexity index is 1820. The van der Waals surface area contributed by atoms with E-state index in [4.69, 9.17) is 34.3 Å².